The quantitative estimate of drug-likeness (QED) is 0.591. The molecular formula is C6H9Cl2NO. The second kappa shape index (κ2) is 3.44. The number of hydrogen-bond donors (Lipinski definition) is 0. The summed E-state index contributed by atoms with van der Waals surface area (Å²) in [6, 6.07) is 0. The van der Waals surface area contributed by atoms with Gasteiger partial charge in [-0.05, 0) is 6.42 Å². The summed E-state index contributed by atoms with van der Waals surface area (Å²) >= 11 is 11.0. The number of carbonyl (C=O) groups is 1. The molecule has 1 amide bonds. The van der Waals surface area contributed by atoms with Crippen LogP contribution in [-0.4, -0.2) is 28.7 Å². The highest BCUT2D eigenvalue weighted by molar-refractivity contribution is 6.44. The third kappa shape index (κ3) is 2.03. The molecule has 0 atom stereocenters. The first-order valence-electron chi connectivity index (χ1n) is 3.26. The van der Waals surface area contributed by atoms with Crippen LogP contribution in [0.2, 0.25) is 0 Å². The summed E-state index contributed by atoms with van der Waals surface area (Å²) in [6.45, 7) is 1.29. The molecule has 1 aliphatic heterocycles. The Morgan fingerprint density at radius 3 is 2.70 bits per heavy atom. The topological polar surface area (TPSA) is 20.3 Å². The van der Waals surface area contributed by atoms with E-state index < -0.39 is 4.84 Å². The van der Waals surface area contributed by atoms with E-state index in [9.17, 15) is 4.79 Å². The van der Waals surface area contributed by atoms with Crippen LogP contribution in [0, 0.1) is 0 Å². The standard InChI is InChI=1S/C6H9Cl2NO/c7-5(8)4-9-3-1-2-6(9)10/h5H,1-4H2. The zero-order valence-corrected chi connectivity index (χ0v) is 7.03. The van der Waals surface area contributed by atoms with Crippen LogP contribution in [0.5, 0.6) is 0 Å². The van der Waals surface area contributed by atoms with Crippen LogP contribution in [0.15, 0.2) is 0 Å². The van der Waals surface area contributed by atoms with E-state index in [0.717, 1.165) is 13.0 Å². The van der Waals surface area contributed by atoms with Gasteiger partial charge in [0.2, 0.25) is 5.91 Å². The Kier molecular flexibility index (Phi) is 2.81. The van der Waals surface area contributed by atoms with Crippen molar-refractivity contribution in [2.45, 2.75) is 17.7 Å². The number of nitrogens with zero attached hydrogens (tertiary/aromatic N) is 1. The number of hydrogen-bond acceptors (Lipinski definition) is 1. The maximum atomic E-state index is 10.9. The predicted molar refractivity (Wildman–Crippen MR) is 41.3 cm³/mol. The first-order chi connectivity index (χ1) is 4.70. The van der Waals surface area contributed by atoms with Crippen molar-refractivity contribution in [3.05, 3.63) is 0 Å². The van der Waals surface area contributed by atoms with Gasteiger partial charge in [-0.2, -0.15) is 0 Å². The van der Waals surface area contributed by atoms with Gasteiger partial charge in [-0.3, -0.25) is 4.79 Å². The van der Waals surface area contributed by atoms with E-state index in [1.165, 1.54) is 0 Å². The highest BCUT2D eigenvalue weighted by Gasteiger charge is 2.21. The Labute approximate surface area is 70.1 Å². The normalized spacial score (nSPS) is 19.1. The van der Waals surface area contributed by atoms with Crippen molar-refractivity contribution in [2.24, 2.45) is 0 Å². The fourth-order valence-corrected chi connectivity index (χ4v) is 1.40. The van der Waals surface area contributed by atoms with Crippen LogP contribution in [-0.2, 0) is 4.79 Å². The zero-order chi connectivity index (χ0) is 7.56. The lowest BCUT2D eigenvalue weighted by atomic mass is 10.4. The minimum Gasteiger partial charge on any atom is -0.340 e. The van der Waals surface area contributed by atoms with Crippen LogP contribution in [0.1, 0.15) is 12.8 Å². The Morgan fingerprint density at radius 2 is 2.30 bits per heavy atom. The fourth-order valence-electron chi connectivity index (χ4n) is 1.06. The van der Waals surface area contributed by atoms with E-state index in [1.54, 1.807) is 4.90 Å². The van der Waals surface area contributed by atoms with E-state index >= 15 is 0 Å². The van der Waals surface area contributed by atoms with Gasteiger partial charge in [-0.1, -0.05) is 0 Å². The van der Waals surface area contributed by atoms with Crippen LogP contribution < -0.4 is 0 Å². The van der Waals surface area contributed by atoms with Crippen molar-refractivity contribution in [3.8, 4) is 0 Å². The van der Waals surface area contributed by atoms with Crippen LogP contribution in [0.25, 0.3) is 0 Å². The van der Waals surface area contributed by atoms with Crippen LogP contribution >= 0.6 is 23.2 Å². The first kappa shape index (κ1) is 8.15. The van der Waals surface area contributed by atoms with Gasteiger partial charge in [0.25, 0.3) is 0 Å². The third-order valence-corrected chi connectivity index (χ3v) is 1.81. The molecule has 10 heavy (non-hydrogen) atoms. The average Bonchev–Trinajstić information content (AvgIpc) is 2.15. The molecule has 1 aliphatic rings. The molecule has 0 unspecified atom stereocenters. The molecular weight excluding hydrogens is 173 g/mol. The molecule has 0 N–H and O–H groups in total. The lowest BCUT2D eigenvalue weighted by Crippen LogP contribution is -2.28. The van der Waals surface area contributed by atoms with Gasteiger partial charge < -0.3 is 4.90 Å². The molecule has 1 rings (SSSR count). The number of carbonyl (C=O) groups excluding carboxylic acids is 1. The molecule has 1 fully saturated rings. The first-order valence-corrected chi connectivity index (χ1v) is 4.13. The Bertz CT molecular complexity index is 138. The molecule has 4 heteroatoms. The van der Waals surface area contributed by atoms with Gasteiger partial charge >= 0.3 is 0 Å². The number of alkyl halides is 2. The molecule has 0 aromatic heterocycles. The van der Waals surface area contributed by atoms with Crippen molar-refractivity contribution in [2.75, 3.05) is 13.1 Å². The molecule has 1 saturated heterocycles. The highest BCUT2D eigenvalue weighted by atomic mass is 35.5. The molecule has 2 nitrogen and oxygen atoms in total. The molecule has 0 aliphatic carbocycles. The van der Waals surface area contributed by atoms with E-state index in [2.05, 4.69) is 0 Å². The third-order valence-electron chi connectivity index (χ3n) is 1.53. The highest BCUT2D eigenvalue weighted by Crippen LogP contribution is 2.13. The van der Waals surface area contributed by atoms with Gasteiger partial charge in [-0.15, -0.1) is 23.2 Å². The van der Waals surface area contributed by atoms with Crippen LogP contribution in [0.3, 0.4) is 0 Å². The summed E-state index contributed by atoms with van der Waals surface area (Å²) in [7, 11) is 0. The number of amides is 1. The molecule has 0 radical (unpaired) electrons. The monoisotopic (exact) mass is 181 g/mol. The van der Waals surface area contributed by atoms with Crippen molar-refractivity contribution in [1.82, 2.24) is 4.90 Å². The molecule has 0 aromatic rings. The van der Waals surface area contributed by atoms with Gasteiger partial charge in [-0.25, -0.2) is 0 Å². The van der Waals surface area contributed by atoms with Gasteiger partial charge in [0.05, 0.1) is 6.54 Å². The molecule has 0 saturated carbocycles. The second-order valence-corrected chi connectivity index (χ2v) is 3.61. The number of rotatable bonds is 2. The molecule has 1 heterocycles. The summed E-state index contributed by atoms with van der Waals surface area (Å²) in [5, 5.41) is 0. The maximum absolute atomic E-state index is 10.9. The van der Waals surface area contributed by atoms with Crippen molar-refractivity contribution in [1.29, 1.82) is 0 Å². The van der Waals surface area contributed by atoms with Gasteiger partial charge in [0, 0.05) is 13.0 Å². The summed E-state index contributed by atoms with van der Waals surface area (Å²) in [4.78, 5) is 12.2. The van der Waals surface area contributed by atoms with Crippen molar-refractivity contribution < 1.29 is 4.79 Å². The fraction of sp³-hybridized carbons (Fsp3) is 0.833. The largest absolute Gasteiger partial charge is 0.340 e. The van der Waals surface area contributed by atoms with E-state index in [0.29, 0.717) is 13.0 Å². The van der Waals surface area contributed by atoms with Gasteiger partial charge in [0.1, 0.15) is 4.84 Å². The Balaban J connectivity index is 2.33. The maximum Gasteiger partial charge on any atom is 0.222 e. The minimum absolute atomic E-state index is 0.173. The summed E-state index contributed by atoms with van der Waals surface area (Å²) in [5.74, 6) is 0.173. The Morgan fingerprint density at radius 1 is 1.60 bits per heavy atom. The lowest BCUT2D eigenvalue weighted by molar-refractivity contribution is -0.127. The summed E-state index contributed by atoms with van der Waals surface area (Å²) in [6.07, 6.45) is 1.60. The Hall–Kier alpha value is 0.0500. The van der Waals surface area contributed by atoms with E-state index in [4.69, 9.17) is 23.2 Å². The van der Waals surface area contributed by atoms with Crippen molar-refractivity contribution >= 4 is 29.1 Å². The van der Waals surface area contributed by atoms with Gasteiger partial charge in [0.15, 0.2) is 0 Å². The molecule has 0 aromatic carbocycles. The smallest absolute Gasteiger partial charge is 0.222 e. The second-order valence-electron chi connectivity index (χ2n) is 2.33. The summed E-state index contributed by atoms with van der Waals surface area (Å²) in [5.41, 5.74) is 0. The molecule has 58 valence electrons. The molecule has 0 spiro atoms. The van der Waals surface area contributed by atoms with E-state index in [-0.39, 0.29) is 5.91 Å². The van der Waals surface area contributed by atoms with Crippen LogP contribution in [0.4, 0.5) is 0 Å². The number of halogens is 2. The average molecular weight is 182 g/mol. The number of likely N-dealkylation sites (tertiary alicyclic amines) is 1. The lowest BCUT2D eigenvalue weighted by Gasteiger charge is -2.14. The zero-order valence-electron chi connectivity index (χ0n) is 5.52. The SMILES string of the molecule is O=C1CCCN1CC(Cl)Cl. The van der Waals surface area contributed by atoms with E-state index in [1.807, 2.05) is 0 Å². The summed E-state index contributed by atoms with van der Waals surface area (Å²) < 4.78 is 0. The predicted octanol–water partition coefficient (Wildman–Crippen LogP) is 1.41. The minimum atomic E-state index is -0.443. The molecule has 0 bridgehead atoms. The van der Waals surface area contributed by atoms with Crippen molar-refractivity contribution in [3.63, 3.8) is 0 Å².